The third kappa shape index (κ3) is 5.26. The van der Waals surface area contributed by atoms with Crippen LogP contribution in [0.2, 0.25) is 0 Å². The molecular formula is C18H32N2. The van der Waals surface area contributed by atoms with Gasteiger partial charge in [0.25, 0.3) is 0 Å². The summed E-state index contributed by atoms with van der Waals surface area (Å²) in [6, 6.07) is 11.7. The van der Waals surface area contributed by atoms with Crippen molar-refractivity contribution >= 4 is 0 Å². The molecule has 2 nitrogen and oxygen atoms in total. The minimum absolute atomic E-state index is 0.383. The SMILES string of the molecule is CNC(c1ccccc1)C(C)N(CC(C)C)CC(C)C. The maximum atomic E-state index is 3.50. The zero-order valence-electron chi connectivity index (χ0n) is 14.1. The topological polar surface area (TPSA) is 15.3 Å². The number of likely N-dealkylation sites (N-methyl/N-ethyl adjacent to an activating group) is 1. The van der Waals surface area contributed by atoms with Gasteiger partial charge in [-0.2, -0.15) is 0 Å². The van der Waals surface area contributed by atoms with Gasteiger partial charge in [-0.25, -0.2) is 0 Å². The van der Waals surface area contributed by atoms with Crippen molar-refractivity contribution in [2.24, 2.45) is 11.8 Å². The monoisotopic (exact) mass is 276 g/mol. The fourth-order valence-corrected chi connectivity index (χ4v) is 2.90. The molecule has 1 aromatic rings. The van der Waals surface area contributed by atoms with E-state index in [1.807, 2.05) is 0 Å². The van der Waals surface area contributed by atoms with Crippen molar-refractivity contribution < 1.29 is 0 Å². The minimum atomic E-state index is 0.383. The van der Waals surface area contributed by atoms with Crippen LogP contribution in [0.4, 0.5) is 0 Å². The van der Waals surface area contributed by atoms with Crippen molar-refractivity contribution in [1.82, 2.24) is 10.2 Å². The molecule has 20 heavy (non-hydrogen) atoms. The molecule has 0 aliphatic carbocycles. The van der Waals surface area contributed by atoms with Gasteiger partial charge in [0.2, 0.25) is 0 Å². The van der Waals surface area contributed by atoms with E-state index < -0.39 is 0 Å². The molecule has 1 N–H and O–H groups in total. The predicted octanol–water partition coefficient (Wildman–Crippen LogP) is 3.95. The number of rotatable bonds is 8. The molecule has 0 aromatic heterocycles. The van der Waals surface area contributed by atoms with Gasteiger partial charge >= 0.3 is 0 Å². The Morgan fingerprint density at radius 3 is 1.80 bits per heavy atom. The first-order valence-corrected chi connectivity index (χ1v) is 7.92. The highest BCUT2D eigenvalue weighted by Gasteiger charge is 2.24. The van der Waals surface area contributed by atoms with Crippen LogP contribution in [0, 0.1) is 11.8 Å². The molecule has 2 unspecified atom stereocenters. The molecular weight excluding hydrogens is 244 g/mol. The number of benzene rings is 1. The van der Waals surface area contributed by atoms with E-state index in [4.69, 9.17) is 0 Å². The van der Waals surface area contributed by atoms with Gasteiger partial charge in [0.1, 0.15) is 0 Å². The first-order valence-electron chi connectivity index (χ1n) is 7.92. The molecule has 1 aromatic carbocycles. The Balaban J connectivity index is 2.87. The summed E-state index contributed by atoms with van der Waals surface area (Å²) in [5, 5.41) is 3.50. The van der Waals surface area contributed by atoms with E-state index in [0.717, 1.165) is 13.1 Å². The smallest absolute Gasteiger partial charge is 0.0473 e. The molecule has 0 saturated carbocycles. The average Bonchev–Trinajstić information content (AvgIpc) is 2.39. The van der Waals surface area contributed by atoms with Gasteiger partial charge < -0.3 is 5.32 Å². The fraction of sp³-hybridized carbons (Fsp3) is 0.667. The lowest BCUT2D eigenvalue weighted by Gasteiger charge is -2.37. The lowest BCUT2D eigenvalue weighted by atomic mass is 9.97. The van der Waals surface area contributed by atoms with Crippen LogP contribution >= 0.6 is 0 Å². The molecule has 1 rings (SSSR count). The first-order chi connectivity index (χ1) is 9.45. The van der Waals surface area contributed by atoms with E-state index in [9.17, 15) is 0 Å². The Bertz CT molecular complexity index is 349. The van der Waals surface area contributed by atoms with Gasteiger partial charge in [-0.15, -0.1) is 0 Å². The molecule has 0 spiro atoms. The lowest BCUT2D eigenvalue weighted by molar-refractivity contribution is 0.138. The van der Waals surface area contributed by atoms with E-state index >= 15 is 0 Å². The van der Waals surface area contributed by atoms with Gasteiger partial charge in [-0.1, -0.05) is 58.0 Å². The highest BCUT2D eigenvalue weighted by atomic mass is 15.2. The molecule has 0 heterocycles. The van der Waals surface area contributed by atoms with E-state index in [2.05, 4.69) is 82.2 Å². The average molecular weight is 276 g/mol. The van der Waals surface area contributed by atoms with Crippen LogP contribution < -0.4 is 5.32 Å². The van der Waals surface area contributed by atoms with E-state index in [0.29, 0.717) is 23.9 Å². The van der Waals surface area contributed by atoms with Crippen molar-refractivity contribution in [3.05, 3.63) is 35.9 Å². The number of nitrogens with one attached hydrogen (secondary N) is 1. The van der Waals surface area contributed by atoms with Gasteiger partial charge in [0.05, 0.1) is 0 Å². The highest BCUT2D eigenvalue weighted by molar-refractivity contribution is 5.20. The van der Waals surface area contributed by atoms with Crippen molar-refractivity contribution in [3.8, 4) is 0 Å². The van der Waals surface area contributed by atoms with Crippen LogP contribution in [0.1, 0.15) is 46.2 Å². The van der Waals surface area contributed by atoms with Crippen LogP contribution in [0.5, 0.6) is 0 Å². The van der Waals surface area contributed by atoms with E-state index in [1.165, 1.54) is 5.56 Å². The molecule has 0 bridgehead atoms. The van der Waals surface area contributed by atoms with Crippen molar-refractivity contribution in [2.75, 3.05) is 20.1 Å². The zero-order valence-corrected chi connectivity index (χ0v) is 14.1. The Morgan fingerprint density at radius 2 is 1.40 bits per heavy atom. The summed E-state index contributed by atoms with van der Waals surface area (Å²) in [6.45, 7) is 13.9. The van der Waals surface area contributed by atoms with Crippen LogP contribution in [0.15, 0.2) is 30.3 Å². The summed E-state index contributed by atoms with van der Waals surface area (Å²) < 4.78 is 0. The molecule has 114 valence electrons. The first kappa shape index (κ1) is 17.2. The van der Waals surface area contributed by atoms with Gasteiger partial charge in [-0.3, -0.25) is 4.90 Å². The normalized spacial score (nSPS) is 15.1. The van der Waals surface area contributed by atoms with Gasteiger partial charge in [-0.05, 0) is 31.4 Å². The van der Waals surface area contributed by atoms with Crippen LogP contribution in [0.25, 0.3) is 0 Å². The number of hydrogen-bond donors (Lipinski definition) is 1. The third-order valence-electron chi connectivity index (χ3n) is 3.73. The molecule has 2 heteroatoms. The Labute approximate surface area is 125 Å². The molecule has 0 aliphatic rings. The maximum absolute atomic E-state index is 3.50. The summed E-state index contributed by atoms with van der Waals surface area (Å²) in [5.74, 6) is 1.40. The summed E-state index contributed by atoms with van der Waals surface area (Å²) >= 11 is 0. The van der Waals surface area contributed by atoms with Crippen LogP contribution in [-0.2, 0) is 0 Å². The second kappa shape index (κ2) is 8.43. The molecule has 0 radical (unpaired) electrons. The van der Waals surface area contributed by atoms with Gasteiger partial charge in [0, 0.05) is 25.2 Å². The standard InChI is InChI=1S/C18H32N2/c1-14(2)12-20(13-15(3)4)16(5)18(19-6)17-10-8-7-9-11-17/h7-11,14-16,18-19H,12-13H2,1-6H3. The van der Waals surface area contributed by atoms with Crippen LogP contribution in [0.3, 0.4) is 0 Å². The molecule has 0 amide bonds. The van der Waals surface area contributed by atoms with E-state index in [1.54, 1.807) is 0 Å². The Morgan fingerprint density at radius 1 is 0.900 bits per heavy atom. The van der Waals surface area contributed by atoms with Gasteiger partial charge in [0.15, 0.2) is 0 Å². The third-order valence-corrected chi connectivity index (χ3v) is 3.73. The minimum Gasteiger partial charge on any atom is -0.312 e. The molecule has 0 saturated heterocycles. The summed E-state index contributed by atoms with van der Waals surface area (Å²) in [4.78, 5) is 2.63. The second-order valence-corrected chi connectivity index (χ2v) is 6.66. The maximum Gasteiger partial charge on any atom is 0.0473 e. The predicted molar refractivity (Wildman–Crippen MR) is 89.0 cm³/mol. The van der Waals surface area contributed by atoms with E-state index in [-0.39, 0.29) is 0 Å². The van der Waals surface area contributed by atoms with Crippen molar-refractivity contribution in [2.45, 2.75) is 46.7 Å². The highest BCUT2D eigenvalue weighted by Crippen LogP contribution is 2.22. The molecule has 0 fully saturated rings. The Hall–Kier alpha value is -0.860. The molecule has 2 atom stereocenters. The van der Waals surface area contributed by atoms with Crippen molar-refractivity contribution in [3.63, 3.8) is 0 Å². The quantitative estimate of drug-likeness (QED) is 0.773. The second-order valence-electron chi connectivity index (χ2n) is 6.66. The van der Waals surface area contributed by atoms with Crippen LogP contribution in [-0.4, -0.2) is 31.1 Å². The largest absolute Gasteiger partial charge is 0.312 e. The fourth-order valence-electron chi connectivity index (χ4n) is 2.90. The summed E-state index contributed by atoms with van der Waals surface area (Å²) in [7, 11) is 2.07. The Kier molecular flexibility index (Phi) is 7.25. The number of nitrogens with zero attached hydrogens (tertiary/aromatic N) is 1. The zero-order chi connectivity index (χ0) is 15.1. The summed E-state index contributed by atoms with van der Waals surface area (Å²) in [6.07, 6.45) is 0. The van der Waals surface area contributed by atoms with Crippen molar-refractivity contribution in [1.29, 1.82) is 0 Å². The lowest BCUT2D eigenvalue weighted by Crippen LogP contribution is -2.45. The number of hydrogen-bond acceptors (Lipinski definition) is 2. The molecule has 0 aliphatic heterocycles. The summed E-state index contributed by atoms with van der Waals surface area (Å²) in [5.41, 5.74) is 1.38.